The van der Waals surface area contributed by atoms with E-state index in [0.29, 0.717) is 12.8 Å². The van der Waals surface area contributed by atoms with Crippen LogP contribution in [-0.4, -0.2) is 93.7 Å². The number of rotatable bonds is 11. The van der Waals surface area contributed by atoms with Gasteiger partial charge in [0, 0.05) is 19.1 Å². The first kappa shape index (κ1) is 29.1. The van der Waals surface area contributed by atoms with Crippen LogP contribution >= 0.6 is 0 Å². The maximum absolute atomic E-state index is 11.9. The van der Waals surface area contributed by atoms with Crippen LogP contribution < -0.4 is 31.9 Å². The highest BCUT2D eigenvalue weighted by Crippen LogP contribution is 2.43. The molecule has 6 unspecified atom stereocenters. The number of hydrogen-bond donors (Lipinski definition) is 9. The minimum atomic E-state index is -4.16. The molecule has 0 radical (unpaired) electrons. The largest absolute Gasteiger partial charge is 0.288 e. The first-order chi connectivity index (χ1) is 16.2. The van der Waals surface area contributed by atoms with Crippen molar-refractivity contribution in [2.75, 3.05) is 24.6 Å². The molecule has 2 saturated carbocycles. The van der Waals surface area contributed by atoms with Crippen molar-refractivity contribution < 1.29 is 38.9 Å². The molecule has 0 aromatic rings. The molecule has 0 bridgehead atoms. The molecule has 206 valence electrons. The predicted octanol–water partition coefficient (Wildman–Crippen LogP) is -2.61. The van der Waals surface area contributed by atoms with Gasteiger partial charge in [-0.3, -0.25) is 45.6 Å². The maximum Gasteiger partial charge on any atom is 0.268 e. The van der Waals surface area contributed by atoms with Crippen molar-refractivity contribution >= 4 is 30.4 Å². The third-order valence-corrected chi connectivity index (χ3v) is 9.58. The SMILES string of the molecule is O=S(=O)(O)CCNC1NC(NCCS(=O)(=O)O)NC(NC2CCC3CCCC(S(=O)(=O)O)C3C2)N1. The van der Waals surface area contributed by atoms with E-state index in [-0.39, 0.29) is 31.0 Å². The van der Waals surface area contributed by atoms with Crippen LogP contribution in [0.2, 0.25) is 0 Å². The Labute approximate surface area is 206 Å². The van der Waals surface area contributed by atoms with E-state index in [1.54, 1.807) is 0 Å². The molecule has 3 fully saturated rings. The molecule has 0 amide bonds. The van der Waals surface area contributed by atoms with Crippen LogP contribution in [0.5, 0.6) is 0 Å². The zero-order valence-corrected chi connectivity index (χ0v) is 21.6. The van der Waals surface area contributed by atoms with Crippen LogP contribution in [0.4, 0.5) is 0 Å². The Morgan fingerprint density at radius 1 is 0.714 bits per heavy atom. The summed E-state index contributed by atoms with van der Waals surface area (Å²) in [5.41, 5.74) is 0. The second-order valence-corrected chi connectivity index (χ2v) is 14.1. The summed E-state index contributed by atoms with van der Waals surface area (Å²) in [6, 6.07) is -0.0707. The summed E-state index contributed by atoms with van der Waals surface area (Å²) in [5.74, 6) is -0.935. The molecule has 6 atom stereocenters. The highest BCUT2D eigenvalue weighted by atomic mass is 32.2. The van der Waals surface area contributed by atoms with E-state index in [9.17, 15) is 29.8 Å². The van der Waals surface area contributed by atoms with Crippen LogP contribution in [0.1, 0.15) is 38.5 Å². The van der Waals surface area contributed by atoms with Gasteiger partial charge in [-0.15, -0.1) is 0 Å². The van der Waals surface area contributed by atoms with E-state index in [4.69, 9.17) is 9.11 Å². The highest BCUT2D eigenvalue weighted by molar-refractivity contribution is 7.86. The van der Waals surface area contributed by atoms with Crippen molar-refractivity contribution in [2.24, 2.45) is 11.8 Å². The lowest BCUT2D eigenvalue weighted by Gasteiger charge is -2.45. The van der Waals surface area contributed by atoms with Gasteiger partial charge in [0.05, 0.1) is 16.8 Å². The van der Waals surface area contributed by atoms with E-state index in [1.807, 2.05) is 0 Å². The second kappa shape index (κ2) is 11.9. The zero-order valence-electron chi connectivity index (χ0n) is 19.1. The highest BCUT2D eigenvalue weighted by Gasteiger charge is 2.44. The average Bonchev–Trinajstić information content (AvgIpc) is 2.70. The lowest BCUT2D eigenvalue weighted by molar-refractivity contribution is 0.0952. The van der Waals surface area contributed by atoms with Crippen LogP contribution in [0.3, 0.4) is 0 Å². The summed E-state index contributed by atoms with van der Waals surface area (Å²) in [4.78, 5) is 0. The molecule has 35 heavy (non-hydrogen) atoms. The monoisotopic (exact) mass is 564 g/mol. The van der Waals surface area contributed by atoms with Gasteiger partial charge in [-0.25, -0.2) is 0 Å². The van der Waals surface area contributed by atoms with Gasteiger partial charge < -0.3 is 0 Å². The third kappa shape index (κ3) is 9.71. The molecule has 1 saturated heterocycles. The molecule has 1 aliphatic heterocycles. The van der Waals surface area contributed by atoms with Gasteiger partial charge in [0.2, 0.25) is 0 Å². The summed E-state index contributed by atoms with van der Waals surface area (Å²) in [5, 5.41) is 17.7. The quantitative estimate of drug-likeness (QED) is 0.117. The third-order valence-electron chi connectivity index (χ3n) is 6.79. The summed E-state index contributed by atoms with van der Waals surface area (Å²) in [6.45, 7) is -0.144. The molecule has 1 heterocycles. The first-order valence-electron chi connectivity index (χ1n) is 11.6. The average molecular weight is 565 g/mol. The van der Waals surface area contributed by atoms with E-state index in [0.717, 1.165) is 25.7 Å². The van der Waals surface area contributed by atoms with E-state index < -0.39 is 66.0 Å². The topological polar surface area (TPSA) is 235 Å². The summed E-state index contributed by atoms with van der Waals surface area (Å²) < 4.78 is 95.5. The van der Waals surface area contributed by atoms with E-state index >= 15 is 0 Å². The van der Waals surface area contributed by atoms with Crippen LogP contribution in [-0.2, 0) is 30.4 Å². The number of nitrogens with one attached hydrogen (secondary N) is 6. The van der Waals surface area contributed by atoms with E-state index in [2.05, 4.69) is 31.9 Å². The molecule has 2 aliphatic carbocycles. The van der Waals surface area contributed by atoms with Gasteiger partial charge in [-0.1, -0.05) is 12.8 Å². The van der Waals surface area contributed by atoms with Crippen molar-refractivity contribution in [2.45, 2.75) is 68.7 Å². The van der Waals surface area contributed by atoms with Crippen molar-refractivity contribution in [3.63, 3.8) is 0 Å². The summed E-state index contributed by atoms with van der Waals surface area (Å²) in [7, 11) is -12.5. The van der Waals surface area contributed by atoms with Crippen molar-refractivity contribution in [1.29, 1.82) is 0 Å². The van der Waals surface area contributed by atoms with Gasteiger partial charge in [-0.05, 0) is 37.5 Å². The Kier molecular flexibility index (Phi) is 9.88. The second-order valence-electron chi connectivity index (χ2n) is 9.36. The fraction of sp³-hybridized carbons (Fsp3) is 1.00. The van der Waals surface area contributed by atoms with Gasteiger partial charge >= 0.3 is 0 Å². The smallest absolute Gasteiger partial charge is 0.268 e. The first-order valence-corrected chi connectivity index (χ1v) is 16.3. The molecule has 0 spiro atoms. The minimum absolute atomic E-state index is 0.0707. The molecular formula is C17H36N6O9S3. The van der Waals surface area contributed by atoms with Crippen LogP contribution in [0.25, 0.3) is 0 Å². The molecule has 0 aromatic heterocycles. The van der Waals surface area contributed by atoms with E-state index in [1.165, 1.54) is 0 Å². The Bertz CT molecular complexity index is 980. The Morgan fingerprint density at radius 3 is 1.77 bits per heavy atom. The van der Waals surface area contributed by atoms with Crippen molar-refractivity contribution in [3.8, 4) is 0 Å². The Hall–Kier alpha value is -0.510. The normalized spacial score (nSPS) is 34.9. The van der Waals surface area contributed by atoms with Crippen molar-refractivity contribution in [3.05, 3.63) is 0 Å². The Balaban J connectivity index is 1.61. The van der Waals surface area contributed by atoms with Gasteiger partial charge in [-0.2, -0.15) is 25.3 Å². The molecule has 3 aliphatic rings. The minimum Gasteiger partial charge on any atom is -0.288 e. The van der Waals surface area contributed by atoms with Crippen molar-refractivity contribution in [1.82, 2.24) is 31.9 Å². The molecule has 18 heteroatoms. The Morgan fingerprint density at radius 2 is 1.26 bits per heavy atom. The standard InChI is InChI=1S/C17H36N6O9S3/c24-33(25,26)8-6-18-15-21-16(19-7-9-34(27,28)29)23-17(22-15)20-12-5-4-11-2-1-3-14(13(11)10-12)35(30,31)32/h11-23H,1-10H2,(H,24,25,26)(H,27,28,29)(H,30,31,32). The predicted molar refractivity (Wildman–Crippen MR) is 127 cm³/mol. The lowest BCUT2D eigenvalue weighted by atomic mass is 9.69. The lowest BCUT2D eigenvalue weighted by Crippen LogP contribution is -2.78. The van der Waals surface area contributed by atoms with Gasteiger partial charge in [0.1, 0.15) is 18.9 Å². The van der Waals surface area contributed by atoms with Crippen LogP contribution in [0.15, 0.2) is 0 Å². The van der Waals surface area contributed by atoms with Crippen LogP contribution in [0, 0.1) is 11.8 Å². The fourth-order valence-electron chi connectivity index (χ4n) is 5.27. The fourth-order valence-corrected chi connectivity index (χ4v) is 7.27. The molecule has 0 aromatic carbocycles. The zero-order chi connectivity index (χ0) is 25.9. The molecule has 15 nitrogen and oxygen atoms in total. The van der Waals surface area contributed by atoms with Gasteiger partial charge in [0.15, 0.2) is 0 Å². The molecular weight excluding hydrogens is 528 g/mol. The van der Waals surface area contributed by atoms with Gasteiger partial charge in [0.25, 0.3) is 30.4 Å². The number of fused-ring (bicyclic) bond motifs is 1. The number of hydrogen-bond acceptors (Lipinski definition) is 12. The summed E-state index contributed by atoms with van der Waals surface area (Å²) >= 11 is 0. The molecule has 3 rings (SSSR count). The summed E-state index contributed by atoms with van der Waals surface area (Å²) in [6.07, 6.45) is 2.50. The molecule has 9 N–H and O–H groups in total. The maximum atomic E-state index is 11.9.